The van der Waals surface area contributed by atoms with Crippen molar-refractivity contribution in [1.29, 1.82) is 0 Å². The predicted molar refractivity (Wildman–Crippen MR) is 97.1 cm³/mol. The number of benzene rings is 1. The zero-order valence-electron chi connectivity index (χ0n) is 14.9. The number of nitrogens with one attached hydrogen (secondary N) is 1. The maximum Gasteiger partial charge on any atom is 0.124 e. The summed E-state index contributed by atoms with van der Waals surface area (Å²) in [6.07, 6.45) is 3.78. The number of aromatic nitrogens is 2. The number of ether oxygens (including phenoxy) is 2. The van der Waals surface area contributed by atoms with Crippen LogP contribution in [0.1, 0.15) is 24.4 Å². The average molecular weight is 360 g/mol. The Kier molecular flexibility index (Phi) is 5.36. The van der Waals surface area contributed by atoms with Gasteiger partial charge in [0.25, 0.3) is 0 Å². The molecule has 0 bridgehead atoms. The van der Waals surface area contributed by atoms with Gasteiger partial charge in [-0.25, -0.2) is 4.39 Å². The van der Waals surface area contributed by atoms with Crippen LogP contribution in [0, 0.1) is 5.82 Å². The van der Waals surface area contributed by atoms with Gasteiger partial charge in [-0.1, -0.05) is 0 Å². The molecular weight excluding hydrogens is 335 g/mol. The zero-order chi connectivity index (χ0) is 17.8. The van der Waals surface area contributed by atoms with Gasteiger partial charge in [-0.3, -0.25) is 10.00 Å². The molecule has 0 amide bonds. The van der Waals surface area contributed by atoms with Crippen LogP contribution >= 0.6 is 0 Å². The number of morpholine rings is 1. The molecule has 7 heteroatoms. The molecule has 0 unspecified atom stereocenters. The van der Waals surface area contributed by atoms with Gasteiger partial charge in [0.1, 0.15) is 24.0 Å². The molecule has 2 aliphatic heterocycles. The second-order valence-electron chi connectivity index (χ2n) is 6.78. The number of hydrogen-bond donors (Lipinski definition) is 1. The summed E-state index contributed by atoms with van der Waals surface area (Å²) >= 11 is 0. The molecule has 1 aromatic carbocycles. The molecule has 140 valence electrons. The number of nitrogens with zero attached hydrogens (tertiary/aromatic N) is 3. The Bertz CT molecular complexity index is 704. The van der Waals surface area contributed by atoms with Gasteiger partial charge in [-0.15, -0.1) is 0 Å². The molecule has 1 atom stereocenters. The van der Waals surface area contributed by atoms with Gasteiger partial charge in [-0.2, -0.15) is 5.10 Å². The van der Waals surface area contributed by atoms with E-state index in [2.05, 4.69) is 20.0 Å². The van der Waals surface area contributed by atoms with Gasteiger partial charge in [-0.05, 0) is 31.0 Å². The van der Waals surface area contributed by atoms with Crippen molar-refractivity contribution >= 4 is 5.82 Å². The van der Waals surface area contributed by atoms with Crippen molar-refractivity contribution in [2.24, 2.45) is 0 Å². The first kappa shape index (κ1) is 17.3. The summed E-state index contributed by atoms with van der Waals surface area (Å²) in [4.78, 5) is 4.58. The van der Waals surface area contributed by atoms with E-state index in [-0.39, 0.29) is 11.9 Å². The summed E-state index contributed by atoms with van der Waals surface area (Å²) in [7, 11) is 0. The van der Waals surface area contributed by atoms with Crippen molar-refractivity contribution in [3.8, 4) is 5.75 Å². The van der Waals surface area contributed by atoms with Crippen LogP contribution in [0.5, 0.6) is 5.75 Å². The first-order valence-electron chi connectivity index (χ1n) is 9.29. The van der Waals surface area contributed by atoms with Crippen molar-refractivity contribution in [3.05, 3.63) is 41.8 Å². The minimum absolute atomic E-state index is 0.101. The second kappa shape index (κ2) is 8.05. The van der Waals surface area contributed by atoms with Gasteiger partial charge in [0.15, 0.2) is 0 Å². The number of H-pyrrole nitrogens is 1. The van der Waals surface area contributed by atoms with Crippen molar-refractivity contribution in [3.63, 3.8) is 0 Å². The van der Waals surface area contributed by atoms with Crippen LogP contribution in [-0.4, -0.2) is 61.1 Å². The molecule has 1 N–H and O–H groups in total. The highest BCUT2D eigenvalue weighted by Crippen LogP contribution is 2.39. The summed E-state index contributed by atoms with van der Waals surface area (Å²) < 4.78 is 25.4. The van der Waals surface area contributed by atoms with Crippen LogP contribution in [0.2, 0.25) is 0 Å². The molecule has 2 aromatic rings. The quantitative estimate of drug-likeness (QED) is 0.858. The lowest BCUT2D eigenvalue weighted by Crippen LogP contribution is -2.38. The lowest BCUT2D eigenvalue weighted by atomic mass is 10.0. The average Bonchev–Trinajstić information content (AvgIpc) is 3.35. The molecule has 0 aliphatic carbocycles. The summed E-state index contributed by atoms with van der Waals surface area (Å²) in [5, 5.41) is 7.07. The number of rotatable bonds is 6. The van der Waals surface area contributed by atoms with Crippen molar-refractivity contribution in [2.45, 2.75) is 18.9 Å². The first-order valence-corrected chi connectivity index (χ1v) is 9.29. The third-order valence-electron chi connectivity index (χ3n) is 5.15. The second-order valence-corrected chi connectivity index (χ2v) is 6.78. The highest BCUT2D eigenvalue weighted by atomic mass is 19.1. The van der Waals surface area contributed by atoms with E-state index in [1.54, 1.807) is 18.3 Å². The fourth-order valence-corrected chi connectivity index (χ4v) is 3.81. The van der Waals surface area contributed by atoms with Crippen molar-refractivity contribution in [2.75, 3.05) is 50.9 Å². The number of halogens is 1. The molecule has 0 saturated carbocycles. The largest absolute Gasteiger partial charge is 0.492 e. The van der Waals surface area contributed by atoms with Crippen LogP contribution in [0.3, 0.4) is 0 Å². The van der Waals surface area contributed by atoms with Gasteiger partial charge in [0.2, 0.25) is 0 Å². The third kappa shape index (κ3) is 3.83. The molecule has 2 fully saturated rings. The van der Waals surface area contributed by atoms with Gasteiger partial charge in [0, 0.05) is 37.8 Å². The molecule has 1 aromatic heterocycles. The maximum absolute atomic E-state index is 14.0. The van der Waals surface area contributed by atoms with Crippen LogP contribution in [0.4, 0.5) is 10.2 Å². The highest BCUT2D eigenvalue weighted by Gasteiger charge is 2.29. The monoisotopic (exact) mass is 360 g/mol. The predicted octanol–water partition coefficient (Wildman–Crippen LogP) is 2.60. The third-order valence-corrected chi connectivity index (χ3v) is 5.15. The fraction of sp³-hybridized carbons (Fsp3) is 0.526. The standard InChI is InChI=1S/C19H25FN4O2/c20-15-3-4-18(26-13-10-23-8-11-25-12-9-23)16(14-15)17-2-1-7-24(17)19-5-6-21-22-19/h3-6,14,17H,1-2,7-13H2,(H,21,22)/t17-/m1/s1. The van der Waals surface area contributed by atoms with E-state index in [1.165, 1.54) is 6.07 Å². The number of hydrogen-bond acceptors (Lipinski definition) is 5. The van der Waals surface area contributed by atoms with E-state index in [4.69, 9.17) is 9.47 Å². The fourth-order valence-electron chi connectivity index (χ4n) is 3.81. The molecule has 2 saturated heterocycles. The summed E-state index contributed by atoms with van der Waals surface area (Å²) in [6, 6.07) is 6.90. The molecule has 0 radical (unpaired) electrons. The number of anilines is 1. The Morgan fingerprint density at radius 1 is 1.23 bits per heavy atom. The van der Waals surface area contributed by atoms with Crippen LogP contribution in [-0.2, 0) is 4.74 Å². The van der Waals surface area contributed by atoms with E-state index < -0.39 is 0 Å². The Labute approximate surface area is 152 Å². The Morgan fingerprint density at radius 2 is 2.12 bits per heavy atom. The Balaban J connectivity index is 1.47. The molecule has 0 spiro atoms. The van der Waals surface area contributed by atoms with Crippen LogP contribution in [0.15, 0.2) is 30.5 Å². The lowest BCUT2D eigenvalue weighted by molar-refractivity contribution is 0.0322. The zero-order valence-corrected chi connectivity index (χ0v) is 14.9. The Hall–Kier alpha value is -2.12. The number of aromatic amines is 1. The van der Waals surface area contributed by atoms with Gasteiger partial charge in [0.05, 0.1) is 25.5 Å². The molecular formula is C19H25FN4O2. The van der Waals surface area contributed by atoms with Crippen LogP contribution < -0.4 is 9.64 Å². The molecule has 3 heterocycles. The smallest absolute Gasteiger partial charge is 0.124 e. The van der Waals surface area contributed by atoms with E-state index in [0.717, 1.165) is 69.4 Å². The summed E-state index contributed by atoms with van der Waals surface area (Å²) in [5.41, 5.74) is 0.916. The van der Waals surface area contributed by atoms with E-state index >= 15 is 0 Å². The normalized spacial score (nSPS) is 21.3. The SMILES string of the molecule is Fc1ccc(OCCN2CCOCC2)c([C@H]2CCCN2c2ccn[nH]2)c1. The summed E-state index contributed by atoms with van der Waals surface area (Å²) in [5.74, 6) is 1.52. The molecule has 6 nitrogen and oxygen atoms in total. The summed E-state index contributed by atoms with van der Waals surface area (Å²) in [6.45, 7) is 5.82. The maximum atomic E-state index is 14.0. The topological polar surface area (TPSA) is 53.6 Å². The van der Waals surface area contributed by atoms with E-state index in [1.807, 2.05) is 6.07 Å². The molecule has 4 rings (SSSR count). The van der Waals surface area contributed by atoms with Crippen molar-refractivity contribution < 1.29 is 13.9 Å². The van der Waals surface area contributed by atoms with Gasteiger partial charge < -0.3 is 14.4 Å². The van der Waals surface area contributed by atoms with E-state index in [9.17, 15) is 4.39 Å². The van der Waals surface area contributed by atoms with Crippen LogP contribution in [0.25, 0.3) is 0 Å². The highest BCUT2D eigenvalue weighted by molar-refractivity contribution is 5.47. The minimum Gasteiger partial charge on any atom is -0.492 e. The lowest BCUT2D eigenvalue weighted by Gasteiger charge is -2.28. The first-order chi connectivity index (χ1) is 12.8. The van der Waals surface area contributed by atoms with Gasteiger partial charge >= 0.3 is 0 Å². The van der Waals surface area contributed by atoms with E-state index in [0.29, 0.717) is 6.61 Å². The molecule has 26 heavy (non-hydrogen) atoms. The Morgan fingerprint density at radius 3 is 2.92 bits per heavy atom. The minimum atomic E-state index is -0.225. The van der Waals surface area contributed by atoms with Crippen molar-refractivity contribution in [1.82, 2.24) is 15.1 Å². The molecule has 2 aliphatic rings.